The fourth-order valence-electron chi connectivity index (χ4n) is 0.765. The van der Waals surface area contributed by atoms with Crippen LogP contribution in [0.15, 0.2) is 29.0 Å². The van der Waals surface area contributed by atoms with E-state index in [4.69, 9.17) is 0 Å². The molecule has 1 unspecified atom stereocenters. The molecule has 1 aliphatic rings. The zero-order valence-corrected chi connectivity index (χ0v) is 6.13. The smallest absolute Gasteiger partial charge is 0.123 e. The van der Waals surface area contributed by atoms with Gasteiger partial charge in [-0.1, -0.05) is 0 Å². The van der Waals surface area contributed by atoms with E-state index in [0.29, 0.717) is 8.73 Å². The Morgan fingerprint density at radius 1 is 1.20 bits per heavy atom. The summed E-state index contributed by atoms with van der Waals surface area (Å²) in [5, 5.41) is 0. The van der Waals surface area contributed by atoms with E-state index in [1.165, 1.54) is 12.1 Å². The Hall–Kier alpha value is -0.750. The number of nitrogens with zero attached hydrogens (tertiary/aromatic N) is 1. The molecule has 0 saturated heterocycles. The van der Waals surface area contributed by atoms with Crippen LogP contribution in [0, 0.1) is 5.82 Å². The van der Waals surface area contributed by atoms with Crippen molar-refractivity contribution in [3.8, 4) is 0 Å². The lowest BCUT2D eigenvalue weighted by Crippen LogP contribution is -1.81. The summed E-state index contributed by atoms with van der Waals surface area (Å²) in [6.07, 6.45) is 0. The molecule has 2 rings (SSSR count). The summed E-state index contributed by atoms with van der Waals surface area (Å²) in [5.74, 6) is -0.187. The highest BCUT2D eigenvalue weighted by Crippen LogP contribution is 2.35. The van der Waals surface area contributed by atoms with E-state index in [1.54, 1.807) is 12.1 Å². The van der Waals surface area contributed by atoms with Crippen molar-refractivity contribution < 1.29 is 4.39 Å². The van der Waals surface area contributed by atoms with Crippen molar-refractivity contribution >= 4 is 14.2 Å². The van der Waals surface area contributed by atoms with Gasteiger partial charge >= 0.3 is 0 Å². The van der Waals surface area contributed by atoms with Gasteiger partial charge in [-0.2, -0.15) is 0 Å². The van der Waals surface area contributed by atoms with Crippen LogP contribution in [0.5, 0.6) is 0 Å². The van der Waals surface area contributed by atoms with E-state index < -0.39 is 0 Å². The second-order valence-electron chi connectivity index (χ2n) is 2.08. The van der Waals surface area contributed by atoms with Gasteiger partial charge in [0.25, 0.3) is 0 Å². The average molecular weight is 153 g/mol. The predicted molar refractivity (Wildman–Crippen MR) is 41.3 cm³/mol. The second kappa shape index (κ2) is 2.14. The third-order valence-electron chi connectivity index (χ3n) is 1.34. The van der Waals surface area contributed by atoms with Gasteiger partial charge in [0.15, 0.2) is 0 Å². The molecule has 1 aliphatic heterocycles. The fourth-order valence-corrected chi connectivity index (χ4v) is 1.25. The van der Waals surface area contributed by atoms with Gasteiger partial charge in [0.05, 0.1) is 14.2 Å². The molecule has 0 bridgehead atoms. The van der Waals surface area contributed by atoms with Crippen LogP contribution >= 0.6 is 8.73 Å². The van der Waals surface area contributed by atoms with Crippen molar-refractivity contribution in [2.24, 2.45) is 4.76 Å². The molecule has 1 aromatic carbocycles. The molecule has 0 spiro atoms. The Balaban J connectivity index is 2.37. The first-order valence-electron chi connectivity index (χ1n) is 2.96. The summed E-state index contributed by atoms with van der Waals surface area (Å²) < 4.78 is 16.4. The van der Waals surface area contributed by atoms with Crippen molar-refractivity contribution in [1.29, 1.82) is 0 Å². The minimum atomic E-state index is -0.187. The largest absolute Gasteiger partial charge is 0.256 e. The highest BCUT2D eigenvalue weighted by atomic mass is 31.1. The van der Waals surface area contributed by atoms with Crippen molar-refractivity contribution in [3.05, 3.63) is 35.6 Å². The molecule has 0 aromatic heterocycles. The Labute approximate surface area is 59.8 Å². The van der Waals surface area contributed by atoms with Crippen LogP contribution in [0.2, 0.25) is 0 Å². The molecule has 3 heteroatoms. The van der Waals surface area contributed by atoms with E-state index in [2.05, 4.69) is 4.76 Å². The maximum absolute atomic E-state index is 12.3. The average Bonchev–Trinajstić information content (AvgIpc) is 2.71. The summed E-state index contributed by atoms with van der Waals surface area (Å²) in [5.41, 5.74) is 2.17. The van der Waals surface area contributed by atoms with E-state index in [1.807, 2.05) is 0 Å². The van der Waals surface area contributed by atoms with Gasteiger partial charge in [-0.05, 0) is 24.3 Å². The first-order valence-corrected chi connectivity index (χ1v) is 3.90. The highest BCUT2D eigenvalue weighted by Gasteiger charge is 2.11. The monoisotopic (exact) mass is 153 g/mol. The summed E-state index contributed by atoms with van der Waals surface area (Å²) in [6.45, 7) is 0. The van der Waals surface area contributed by atoms with Gasteiger partial charge in [-0.3, -0.25) is 4.76 Å². The predicted octanol–water partition coefficient (Wildman–Crippen LogP) is 2.18. The minimum Gasteiger partial charge on any atom is -0.256 e. The maximum atomic E-state index is 12.3. The van der Waals surface area contributed by atoms with Crippen LogP contribution in [-0.4, -0.2) is 5.45 Å². The van der Waals surface area contributed by atoms with Crippen LogP contribution in [-0.2, 0) is 0 Å². The van der Waals surface area contributed by atoms with Crippen molar-refractivity contribution in [1.82, 2.24) is 0 Å². The summed E-state index contributed by atoms with van der Waals surface area (Å²) in [4.78, 5) is 0. The van der Waals surface area contributed by atoms with Crippen LogP contribution in [0.25, 0.3) is 0 Å². The standard InChI is InChI=1S/C7H5FNP/c8-6-3-1-5(2-4-6)7-9-10-7/h1-4,10H. The van der Waals surface area contributed by atoms with Gasteiger partial charge in [0.2, 0.25) is 0 Å². The molecule has 0 saturated carbocycles. The molecular formula is C7H5FNP. The zero-order chi connectivity index (χ0) is 6.97. The molecule has 1 atom stereocenters. The molecule has 0 aliphatic carbocycles. The normalized spacial score (nSPS) is 17.1. The van der Waals surface area contributed by atoms with Gasteiger partial charge in [-0.15, -0.1) is 0 Å². The number of rotatable bonds is 1. The van der Waals surface area contributed by atoms with Gasteiger partial charge in [0.1, 0.15) is 5.82 Å². The topological polar surface area (TPSA) is 12.4 Å². The molecule has 0 fully saturated rings. The summed E-state index contributed by atoms with van der Waals surface area (Å²) in [7, 11) is 0.618. The van der Waals surface area contributed by atoms with Crippen molar-refractivity contribution in [2.75, 3.05) is 0 Å². The van der Waals surface area contributed by atoms with E-state index >= 15 is 0 Å². The quantitative estimate of drug-likeness (QED) is 0.548. The Kier molecular flexibility index (Phi) is 1.28. The van der Waals surface area contributed by atoms with E-state index in [9.17, 15) is 4.39 Å². The van der Waals surface area contributed by atoms with Crippen LogP contribution in [0.4, 0.5) is 4.39 Å². The summed E-state index contributed by atoms with van der Waals surface area (Å²) in [6, 6.07) is 6.43. The first kappa shape index (κ1) is 5.99. The maximum Gasteiger partial charge on any atom is 0.123 e. The first-order chi connectivity index (χ1) is 4.86. The lowest BCUT2D eigenvalue weighted by atomic mass is 10.2. The number of hydrogen-bond donors (Lipinski definition) is 0. The second-order valence-corrected chi connectivity index (χ2v) is 3.00. The molecule has 1 aromatic rings. The zero-order valence-electron chi connectivity index (χ0n) is 5.13. The Morgan fingerprint density at radius 2 is 1.80 bits per heavy atom. The Bertz CT molecular complexity index is 278. The SMILES string of the molecule is Fc1ccc(C2=NP2)cc1. The molecule has 50 valence electrons. The van der Waals surface area contributed by atoms with Gasteiger partial charge in [0, 0.05) is 5.56 Å². The Morgan fingerprint density at radius 3 is 2.30 bits per heavy atom. The third-order valence-corrected chi connectivity index (χ3v) is 2.08. The van der Waals surface area contributed by atoms with Gasteiger partial charge < -0.3 is 0 Å². The van der Waals surface area contributed by atoms with E-state index in [-0.39, 0.29) is 5.82 Å². The third kappa shape index (κ3) is 1.07. The van der Waals surface area contributed by atoms with Crippen molar-refractivity contribution in [3.63, 3.8) is 0 Å². The van der Waals surface area contributed by atoms with Crippen molar-refractivity contribution in [2.45, 2.75) is 0 Å². The lowest BCUT2D eigenvalue weighted by Gasteiger charge is -1.89. The van der Waals surface area contributed by atoms with Crippen LogP contribution in [0.3, 0.4) is 0 Å². The molecule has 0 amide bonds. The molecule has 0 radical (unpaired) electrons. The molecule has 0 N–H and O–H groups in total. The fraction of sp³-hybridized carbons (Fsp3) is 0. The van der Waals surface area contributed by atoms with Gasteiger partial charge in [-0.25, -0.2) is 4.39 Å². The lowest BCUT2D eigenvalue weighted by molar-refractivity contribution is 0.628. The molecule has 1 heterocycles. The van der Waals surface area contributed by atoms with Crippen LogP contribution in [0.1, 0.15) is 5.56 Å². The molecule has 1 nitrogen and oxygen atoms in total. The highest BCUT2D eigenvalue weighted by molar-refractivity contribution is 7.67. The summed E-state index contributed by atoms with van der Waals surface area (Å²) >= 11 is 0. The molecular weight excluding hydrogens is 148 g/mol. The minimum absolute atomic E-state index is 0.187. The number of hydrogen-bond acceptors (Lipinski definition) is 1. The molecule has 10 heavy (non-hydrogen) atoms. The van der Waals surface area contributed by atoms with E-state index in [0.717, 1.165) is 11.0 Å². The number of halogens is 1. The number of benzene rings is 1. The van der Waals surface area contributed by atoms with Crippen LogP contribution < -0.4 is 0 Å².